The summed E-state index contributed by atoms with van der Waals surface area (Å²) in [7, 11) is 1.27. The van der Waals surface area contributed by atoms with Gasteiger partial charge < -0.3 is 4.98 Å². The second-order valence-electron chi connectivity index (χ2n) is 2.73. The number of rotatable bonds is 1. The Kier molecular flexibility index (Phi) is 2.48. The summed E-state index contributed by atoms with van der Waals surface area (Å²) in [5.41, 5.74) is -0.0134. The average molecular weight is 314 g/mol. The van der Waals surface area contributed by atoms with Crippen LogP contribution in [-0.2, 0) is 9.05 Å². The molecule has 8 heteroatoms. The van der Waals surface area contributed by atoms with Crippen molar-refractivity contribution in [1.82, 2.24) is 9.97 Å². The lowest BCUT2D eigenvalue weighted by Gasteiger charge is -1.97. The average Bonchev–Trinajstić information content (AvgIpc) is 2.45. The van der Waals surface area contributed by atoms with Crippen LogP contribution >= 0.6 is 26.6 Å². The molecule has 0 fully saturated rings. The molecule has 0 aliphatic carbocycles. The van der Waals surface area contributed by atoms with Gasteiger partial charge in [-0.1, -0.05) is 0 Å². The van der Waals surface area contributed by atoms with Crippen molar-refractivity contribution in [2.75, 3.05) is 0 Å². The van der Waals surface area contributed by atoms with Crippen LogP contribution in [-0.4, -0.2) is 18.4 Å². The molecule has 0 amide bonds. The van der Waals surface area contributed by atoms with Crippen molar-refractivity contribution in [2.45, 2.75) is 4.90 Å². The molecule has 0 aliphatic heterocycles. The predicted molar refractivity (Wildman–Crippen MR) is 56.8 cm³/mol. The molecule has 0 aliphatic rings. The number of benzene rings is 1. The van der Waals surface area contributed by atoms with Crippen LogP contribution in [0.3, 0.4) is 0 Å². The van der Waals surface area contributed by atoms with Crippen molar-refractivity contribution in [3.05, 3.63) is 22.7 Å². The molecule has 80 valence electrons. The Labute approximate surface area is 97.0 Å². The Morgan fingerprint density at radius 1 is 1.47 bits per heavy atom. The number of aromatic nitrogens is 2. The standard InChI is InChI=1S/C7H3BrClFN2O2S/c8-7-11-5-3(10)1-2-4(6(5)12-7)15(9,13)14/h1-2H,(H,11,12). The molecular weight excluding hydrogens is 311 g/mol. The van der Waals surface area contributed by atoms with E-state index in [2.05, 4.69) is 25.9 Å². The van der Waals surface area contributed by atoms with Gasteiger partial charge in [0.1, 0.15) is 10.4 Å². The number of hydrogen-bond acceptors (Lipinski definition) is 3. The van der Waals surface area contributed by atoms with Gasteiger partial charge in [-0.05, 0) is 28.1 Å². The minimum atomic E-state index is -3.92. The summed E-state index contributed by atoms with van der Waals surface area (Å²) in [5, 5.41) is 0. The number of H-pyrrole nitrogens is 1. The second-order valence-corrected chi connectivity index (χ2v) is 6.02. The Balaban J connectivity index is 2.95. The van der Waals surface area contributed by atoms with Gasteiger partial charge >= 0.3 is 0 Å². The molecule has 4 nitrogen and oxygen atoms in total. The van der Waals surface area contributed by atoms with E-state index in [1.54, 1.807) is 0 Å². The van der Waals surface area contributed by atoms with E-state index in [1.165, 1.54) is 0 Å². The molecular formula is C7H3BrClFN2O2S. The van der Waals surface area contributed by atoms with Crippen LogP contribution in [0.2, 0.25) is 0 Å². The third-order valence-electron chi connectivity index (χ3n) is 1.79. The molecule has 0 saturated heterocycles. The molecule has 2 aromatic rings. The van der Waals surface area contributed by atoms with Crippen LogP contribution in [0.5, 0.6) is 0 Å². The van der Waals surface area contributed by atoms with Crippen LogP contribution in [0.4, 0.5) is 4.39 Å². The first kappa shape index (κ1) is 10.8. The van der Waals surface area contributed by atoms with Gasteiger partial charge in [0, 0.05) is 10.7 Å². The van der Waals surface area contributed by atoms with Crippen molar-refractivity contribution >= 4 is 46.7 Å². The minimum Gasteiger partial charge on any atom is -0.331 e. The Morgan fingerprint density at radius 2 is 2.13 bits per heavy atom. The van der Waals surface area contributed by atoms with Gasteiger partial charge in [0.2, 0.25) is 0 Å². The molecule has 1 heterocycles. The van der Waals surface area contributed by atoms with Crippen molar-refractivity contribution in [1.29, 1.82) is 0 Å². The summed E-state index contributed by atoms with van der Waals surface area (Å²) in [6.07, 6.45) is 0. The van der Waals surface area contributed by atoms with Gasteiger partial charge in [0.05, 0.1) is 5.52 Å². The van der Waals surface area contributed by atoms with Gasteiger partial charge in [0.15, 0.2) is 10.6 Å². The topological polar surface area (TPSA) is 62.8 Å². The highest BCUT2D eigenvalue weighted by atomic mass is 79.9. The first-order valence-electron chi connectivity index (χ1n) is 3.68. The summed E-state index contributed by atoms with van der Waals surface area (Å²) < 4.78 is 35.8. The van der Waals surface area contributed by atoms with Crippen LogP contribution in [0.15, 0.2) is 21.8 Å². The van der Waals surface area contributed by atoms with Crippen LogP contribution in [0.25, 0.3) is 11.0 Å². The number of fused-ring (bicyclic) bond motifs is 1. The van der Waals surface area contributed by atoms with E-state index < -0.39 is 14.9 Å². The summed E-state index contributed by atoms with van der Waals surface area (Å²) in [6.45, 7) is 0. The lowest BCUT2D eigenvalue weighted by atomic mass is 10.3. The van der Waals surface area contributed by atoms with E-state index in [0.29, 0.717) is 0 Å². The second kappa shape index (κ2) is 3.43. The summed E-state index contributed by atoms with van der Waals surface area (Å²) in [4.78, 5) is 6.13. The number of imidazole rings is 1. The minimum absolute atomic E-state index is 0.0527. The Morgan fingerprint density at radius 3 is 2.73 bits per heavy atom. The van der Waals surface area contributed by atoms with E-state index >= 15 is 0 Å². The highest BCUT2D eigenvalue weighted by Gasteiger charge is 2.18. The molecule has 15 heavy (non-hydrogen) atoms. The maximum atomic E-state index is 13.2. The SMILES string of the molecule is O=S(=O)(Cl)c1ccc(F)c2nc(Br)[nH]c12. The fourth-order valence-corrected chi connectivity index (χ4v) is 2.59. The number of nitrogens with zero attached hydrogens (tertiary/aromatic N) is 1. The fourth-order valence-electron chi connectivity index (χ4n) is 1.21. The van der Waals surface area contributed by atoms with Gasteiger partial charge in [-0.15, -0.1) is 0 Å². The lowest BCUT2D eigenvalue weighted by Crippen LogP contribution is -1.93. The Bertz CT molecular complexity index is 640. The first-order chi connectivity index (χ1) is 6.89. The highest BCUT2D eigenvalue weighted by molar-refractivity contribution is 9.10. The monoisotopic (exact) mass is 312 g/mol. The van der Waals surface area contributed by atoms with Gasteiger partial charge in [-0.25, -0.2) is 17.8 Å². The zero-order valence-corrected chi connectivity index (χ0v) is 10.1. The van der Waals surface area contributed by atoms with Crippen molar-refractivity contribution in [3.8, 4) is 0 Å². The molecule has 1 aromatic carbocycles. The fraction of sp³-hybridized carbons (Fsp3) is 0. The maximum Gasteiger partial charge on any atom is 0.263 e. The third-order valence-corrected chi connectivity index (χ3v) is 3.53. The van der Waals surface area contributed by atoms with Crippen LogP contribution < -0.4 is 0 Å². The number of aromatic amines is 1. The highest BCUT2D eigenvalue weighted by Crippen LogP contribution is 2.27. The first-order valence-corrected chi connectivity index (χ1v) is 6.78. The molecule has 2 rings (SSSR count). The third kappa shape index (κ3) is 1.86. The summed E-state index contributed by atoms with van der Waals surface area (Å²) in [5.74, 6) is -0.615. The smallest absolute Gasteiger partial charge is 0.263 e. The molecule has 0 bridgehead atoms. The zero-order valence-electron chi connectivity index (χ0n) is 6.96. The zero-order chi connectivity index (χ0) is 11.2. The number of hydrogen-bond donors (Lipinski definition) is 1. The predicted octanol–water partition coefficient (Wildman–Crippen LogP) is 2.39. The normalized spacial score (nSPS) is 12.2. The number of nitrogens with one attached hydrogen (secondary N) is 1. The molecule has 0 unspecified atom stereocenters. The maximum absolute atomic E-state index is 13.2. The molecule has 1 aromatic heterocycles. The quantitative estimate of drug-likeness (QED) is 0.822. The summed E-state index contributed by atoms with van der Waals surface area (Å²) >= 11 is 2.99. The van der Waals surface area contributed by atoms with Gasteiger partial charge in [0.25, 0.3) is 9.05 Å². The summed E-state index contributed by atoms with van der Waals surface area (Å²) in [6, 6.07) is 2.09. The van der Waals surface area contributed by atoms with Crippen LogP contribution in [0.1, 0.15) is 0 Å². The molecule has 0 spiro atoms. The Hall–Kier alpha value is -0.660. The van der Waals surface area contributed by atoms with Crippen molar-refractivity contribution < 1.29 is 12.8 Å². The largest absolute Gasteiger partial charge is 0.331 e. The molecule has 0 atom stereocenters. The van der Waals surface area contributed by atoms with E-state index in [1.807, 2.05) is 0 Å². The van der Waals surface area contributed by atoms with Crippen molar-refractivity contribution in [2.24, 2.45) is 0 Å². The number of halogens is 3. The van der Waals surface area contributed by atoms with Crippen molar-refractivity contribution in [3.63, 3.8) is 0 Å². The van der Waals surface area contributed by atoms with E-state index in [4.69, 9.17) is 10.7 Å². The lowest BCUT2D eigenvalue weighted by molar-refractivity contribution is 0.609. The molecule has 0 saturated carbocycles. The van der Waals surface area contributed by atoms with E-state index in [9.17, 15) is 12.8 Å². The van der Waals surface area contributed by atoms with E-state index in [-0.39, 0.29) is 20.7 Å². The van der Waals surface area contributed by atoms with Gasteiger partial charge in [-0.2, -0.15) is 0 Å². The molecule has 0 radical (unpaired) electrons. The van der Waals surface area contributed by atoms with Crippen LogP contribution in [0, 0.1) is 5.82 Å². The molecule has 1 N–H and O–H groups in total. The van der Waals surface area contributed by atoms with Gasteiger partial charge in [-0.3, -0.25) is 0 Å². The van der Waals surface area contributed by atoms with E-state index in [0.717, 1.165) is 12.1 Å².